The maximum atomic E-state index is 11.8. The van der Waals surface area contributed by atoms with Crippen molar-refractivity contribution >= 4 is 24.6 Å². The molecule has 0 fully saturated rings. The van der Waals surface area contributed by atoms with Gasteiger partial charge in [0, 0.05) is 11.1 Å². The van der Waals surface area contributed by atoms with Crippen molar-refractivity contribution in [3.63, 3.8) is 0 Å². The van der Waals surface area contributed by atoms with Gasteiger partial charge < -0.3 is 0 Å². The van der Waals surface area contributed by atoms with Crippen LogP contribution < -0.4 is 0 Å². The molecule has 0 saturated heterocycles. The van der Waals surface area contributed by atoms with Crippen molar-refractivity contribution in [1.82, 2.24) is 0 Å². The summed E-state index contributed by atoms with van der Waals surface area (Å²) in [6, 6.07) is 18.6. The third-order valence-corrected chi connectivity index (χ3v) is 2.07. The van der Waals surface area contributed by atoms with Crippen LogP contribution in [0.2, 0.25) is 0 Å². The van der Waals surface area contributed by atoms with Crippen molar-refractivity contribution in [3.8, 4) is 0 Å². The Kier molecular flexibility index (Phi) is 4.36. The Balaban J connectivity index is 0.00000112. The molecule has 0 radical (unpaired) electrons. The van der Waals surface area contributed by atoms with E-state index >= 15 is 0 Å². The molecule has 0 bridgehead atoms. The summed E-state index contributed by atoms with van der Waals surface area (Å²) in [5.74, 6) is 0.0752. The first-order chi connectivity index (χ1) is 6.88. The summed E-state index contributed by atoms with van der Waals surface area (Å²) in [7, 11) is 0. The van der Waals surface area contributed by atoms with E-state index in [2.05, 4.69) is 0 Å². The van der Waals surface area contributed by atoms with Gasteiger partial charge in [0.15, 0.2) is 5.78 Å². The van der Waals surface area contributed by atoms with Gasteiger partial charge in [0.1, 0.15) is 0 Å². The van der Waals surface area contributed by atoms with E-state index in [9.17, 15) is 4.79 Å². The van der Waals surface area contributed by atoms with Crippen LogP contribution >= 0.6 is 0 Å². The van der Waals surface area contributed by atoms with Crippen LogP contribution in [0.5, 0.6) is 0 Å². The first kappa shape index (κ1) is 11.8. The molecule has 0 saturated carbocycles. The predicted molar refractivity (Wildman–Crippen MR) is 63.5 cm³/mol. The minimum atomic E-state index is 0. The SMILES string of the molecule is O=C(c1ccccc1)c1ccccc1.[LiH]. The van der Waals surface area contributed by atoms with Gasteiger partial charge in [-0.2, -0.15) is 0 Å². The zero-order valence-corrected chi connectivity index (χ0v) is 7.68. The van der Waals surface area contributed by atoms with Crippen LogP contribution in [0, 0.1) is 0 Å². The van der Waals surface area contributed by atoms with E-state index in [1.54, 1.807) is 0 Å². The number of benzene rings is 2. The third kappa shape index (κ3) is 2.83. The van der Waals surface area contributed by atoms with E-state index < -0.39 is 0 Å². The van der Waals surface area contributed by atoms with Crippen LogP contribution in [-0.2, 0) is 0 Å². The summed E-state index contributed by atoms with van der Waals surface area (Å²) >= 11 is 0. The quantitative estimate of drug-likeness (QED) is 0.524. The molecule has 0 aromatic heterocycles. The van der Waals surface area contributed by atoms with E-state index in [4.69, 9.17) is 0 Å². The van der Waals surface area contributed by atoms with E-state index in [1.807, 2.05) is 60.7 Å². The fourth-order valence-electron chi connectivity index (χ4n) is 1.35. The monoisotopic (exact) mass is 190 g/mol. The average Bonchev–Trinajstić information content (AvgIpc) is 2.30. The van der Waals surface area contributed by atoms with Crippen LogP contribution in [-0.4, -0.2) is 24.6 Å². The van der Waals surface area contributed by atoms with E-state index in [0.29, 0.717) is 0 Å². The van der Waals surface area contributed by atoms with E-state index in [-0.39, 0.29) is 24.6 Å². The molecule has 0 amide bonds. The van der Waals surface area contributed by atoms with Crippen LogP contribution in [0.3, 0.4) is 0 Å². The molecule has 0 unspecified atom stereocenters. The Morgan fingerprint density at radius 2 is 1.00 bits per heavy atom. The molecule has 0 aliphatic heterocycles. The molecule has 2 aromatic rings. The van der Waals surface area contributed by atoms with Gasteiger partial charge in [-0.15, -0.1) is 0 Å². The minimum absolute atomic E-state index is 0. The van der Waals surface area contributed by atoms with Crippen molar-refractivity contribution in [2.75, 3.05) is 0 Å². The number of hydrogen-bond acceptors (Lipinski definition) is 1. The van der Waals surface area contributed by atoms with Gasteiger partial charge in [0.05, 0.1) is 0 Å². The molecule has 0 aliphatic carbocycles. The summed E-state index contributed by atoms with van der Waals surface area (Å²) in [4.78, 5) is 11.8. The third-order valence-electron chi connectivity index (χ3n) is 2.07. The number of rotatable bonds is 2. The number of ketones is 1. The predicted octanol–water partition coefficient (Wildman–Crippen LogP) is 2.27. The fourth-order valence-corrected chi connectivity index (χ4v) is 1.35. The Hall–Kier alpha value is -1.29. The molecule has 0 aliphatic rings. The van der Waals surface area contributed by atoms with Gasteiger partial charge in [-0.3, -0.25) is 4.79 Å². The molecule has 2 aromatic carbocycles. The van der Waals surface area contributed by atoms with Crippen LogP contribution in [0.25, 0.3) is 0 Å². The fraction of sp³-hybridized carbons (Fsp3) is 0. The second-order valence-corrected chi connectivity index (χ2v) is 3.06. The molecule has 0 heterocycles. The molecule has 0 atom stereocenters. The molecular weight excluding hydrogens is 179 g/mol. The van der Waals surface area contributed by atoms with Gasteiger partial charge in [0.25, 0.3) is 0 Å². The van der Waals surface area contributed by atoms with Gasteiger partial charge in [-0.05, 0) is 0 Å². The van der Waals surface area contributed by atoms with Crippen molar-refractivity contribution in [2.45, 2.75) is 0 Å². The van der Waals surface area contributed by atoms with Crippen molar-refractivity contribution in [2.24, 2.45) is 0 Å². The molecule has 0 N–H and O–H groups in total. The Morgan fingerprint density at radius 1 is 0.667 bits per heavy atom. The van der Waals surface area contributed by atoms with Crippen molar-refractivity contribution in [1.29, 1.82) is 0 Å². The summed E-state index contributed by atoms with van der Waals surface area (Å²) in [5.41, 5.74) is 1.47. The van der Waals surface area contributed by atoms with Gasteiger partial charge in [-0.1, -0.05) is 60.7 Å². The normalized spacial score (nSPS) is 9.07. The summed E-state index contributed by atoms with van der Waals surface area (Å²) in [6.45, 7) is 0. The van der Waals surface area contributed by atoms with Gasteiger partial charge >= 0.3 is 18.9 Å². The summed E-state index contributed by atoms with van der Waals surface area (Å²) < 4.78 is 0. The average molecular weight is 190 g/mol. The Labute approximate surface area is 101 Å². The van der Waals surface area contributed by atoms with E-state index in [1.165, 1.54) is 0 Å². The molecule has 70 valence electrons. The Morgan fingerprint density at radius 3 is 1.33 bits per heavy atom. The molecular formula is C13H11LiO. The number of carbonyl (C=O) groups is 1. The van der Waals surface area contributed by atoms with Crippen LogP contribution in [0.15, 0.2) is 60.7 Å². The molecule has 0 spiro atoms. The number of hydrogen-bond donors (Lipinski definition) is 0. The molecule has 2 rings (SSSR count). The molecule has 15 heavy (non-hydrogen) atoms. The van der Waals surface area contributed by atoms with Gasteiger partial charge in [-0.25, -0.2) is 0 Å². The zero-order valence-electron chi connectivity index (χ0n) is 7.68. The van der Waals surface area contributed by atoms with Crippen LogP contribution in [0.1, 0.15) is 15.9 Å². The van der Waals surface area contributed by atoms with Crippen molar-refractivity contribution < 1.29 is 4.79 Å². The second-order valence-electron chi connectivity index (χ2n) is 3.06. The first-order valence-electron chi connectivity index (χ1n) is 4.53. The maximum absolute atomic E-state index is 11.8. The zero-order chi connectivity index (χ0) is 9.80. The van der Waals surface area contributed by atoms with E-state index in [0.717, 1.165) is 11.1 Å². The van der Waals surface area contributed by atoms with Crippen LogP contribution in [0.4, 0.5) is 0 Å². The topological polar surface area (TPSA) is 17.1 Å². The number of carbonyl (C=O) groups excluding carboxylic acids is 1. The Bertz CT molecular complexity index is 381. The summed E-state index contributed by atoms with van der Waals surface area (Å²) in [5, 5.41) is 0. The molecule has 2 heteroatoms. The standard InChI is InChI=1S/C13H10O.Li.H/c14-13(11-7-3-1-4-8-11)12-9-5-2-6-10-12;;/h1-10H;;. The molecule has 1 nitrogen and oxygen atoms in total. The first-order valence-corrected chi connectivity index (χ1v) is 4.53. The van der Waals surface area contributed by atoms with Gasteiger partial charge in [0.2, 0.25) is 0 Å². The second kappa shape index (κ2) is 5.55. The van der Waals surface area contributed by atoms with Crippen molar-refractivity contribution in [3.05, 3.63) is 71.8 Å². The summed E-state index contributed by atoms with van der Waals surface area (Å²) in [6.07, 6.45) is 0.